The van der Waals surface area contributed by atoms with E-state index in [4.69, 9.17) is 4.74 Å². The van der Waals surface area contributed by atoms with Crippen molar-refractivity contribution in [3.8, 4) is 5.75 Å². The van der Waals surface area contributed by atoms with Crippen LogP contribution in [0.2, 0.25) is 0 Å². The van der Waals surface area contributed by atoms with Gasteiger partial charge in [-0.15, -0.1) is 0 Å². The average molecular weight is 455 g/mol. The molecule has 0 N–H and O–H groups in total. The van der Waals surface area contributed by atoms with Gasteiger partial charge in [0.1, 0.15) is 5.75 Å². The molecule has 0 radical (unpaired) electrons. The molecule has 0 aliphatic heterocycles. The highest BCUT2D eigenvalue weighted by molar-refractivity contribution is 6.26. The zero-order valence-electron chi connectivity index (χ0n) is 21.2. The first-order valence-corrected chi connectivity index (χ1v) is 13.8. The molecule has 0 saturated carbocycles. The highest BCUT2D eigenvalue weighted by Crippen LogP contribution is 2.39. The molecule has 0 bridgehead atoms. The van der Waals surface area contributed by atoms with E-state index in [0.29, 0.717) is 0 Å². The Morgan fingerprint density at radius 3 is 1.38 bits per heavy atom. The maximum atomic E-state index is 6.38. The summed E-state index contributed by atoms with van der Waals surface area (Å²) in [6, 6.07) is 24.0. The first-order valence-electron chi connectivity index (χ1n) is 13.8. The molecular formula is C33H42O. The topological polar surface area (TPSA) is 9.23 Å². The summed E-state index contributed by atoms with van der Waals surface area (Å²) in [6.45, 7) is 3.09. The molecule has 0 amide bonds. The van der Waals surface area contributed by atoms with Crippen molar-refractivity contribution in [3.05, 3.63) is 66.7 Å². The van der Waals surface area contributed by atoms with E-state index in [1.165, 1.54) is 109 Å². The molecule has 0 spiro atoms. The molecule has 1 nitrogen and oxygen atoms in total. The Balaban J connectivity index is 1.24. The third kappa shape index (κ3) is 6.32. The third-order valence-corrected chi connectivity index (χ3v) is 7.24. The van der Waals surface area contributed by atoms with E-state index in [0.717, 1.165) is 18.8 Å². The molecule has 4 aromatic rings. The fourth-order valence-electron chi connectivity index (χ4n) is 5.34. The highest BCUT2D eigenvalue weighted by atomic mass is 16.5. The Bertz CT molecular complexity index is 1110. The second kappa shape index (κ2) is 13.4. The summed E-state index contributed by atoms with van der Waals surface area (Å²) in [4.78, 5) is 0. The average Bonchev–Trinajstić information content (AvgIpc) is 2.89. The molecule has 4 aromatic carbocycles. The van der Waals surface area contributed by atoms with Crippen molar-refractivity contribution in [2.24, 2.45) is 0 Å². The van der Waals surface area contributed by atoms with Crippen LogP contribution in [0.4, 0.5) is 0 Å². The minimum Gasteiger partial charge on any atom is -0.493 e. The first-order chi connectivity index (χ1) is 16.9. The Hall–Kier alpha value is -2.54. The van der Waals surface area contributed by atoms with E-state index in [1.54, 1.807) is 0 Å². The highest BCUT2D eigenvalue weighted by Gasteiger charge is 2.11. The van der Waals surface area contributed by atoms with Crippen LogP contribution in [-0.2, 0) is 0 Å². The van der Waals surface area contributed by atoms with Crippen molar-refractivity contribution in [3.63, 3.8) is 0 Å². The summed E-state index contributed by atoms with van der Waals surface area (Å²) in [5.74, 6) is 1.03. The minimum absolute atomic E-state index is 0.804. The summed E-state index contributed by atoms with van der Waals surface area (Å²) in [7, 11) is 0. The second-order valence-corrected chi connectivity index (χ2v) is 9.86. The number of hydrogen-bond donors (Lipinski definition) is 0. The van der Waals surface area contributed by atoms with Gasteiger partial charge in [-0.25, -0.2) is 0 Å². The van der Waals surface area contributed by atoms with Gasteiger partial charge in [0.2, 0.25) is 0 Å². The van der Waals surface area contributed by atoms with Crippen molar-refractivity contribution >= 4 is 32.3 Å². The van der Waals surface area contributed by atoms with Gasteiger partial charge < -0.3 is 4.74 Å². The van der Waals surface area contributed by atoms with Crippen LogP contribution >= 0.6 is 0 Å². The van der Waals surface area contributed by atoms with Crippen LogP contribution in [0.3, 0.4) is 0 Å². The molecule has 34 heavy (non-hydrogen) atoms. The standard InChI is InChI=1S/C33H42O/c1-2-3-4-5-6-7-8-9-10-11-12-13-18-26-34-32-25-19-24-31-29-21-15-14-20-27(29)28-22-16-17-23-30(28)33(31)32/h14-17,19-25H,2-13,18,26H2,1H3. The molecule has 0 atom stereocenters. The zero-order chi connectivity index (χ0) is 23.4. The minimum atomic E-state index is 0.804. The lowest BCUT2D eigenvalue weighted by molar-refractivity contribution is 0.308. The summed E-state index contributed by atoms with van der Waals surface area (Å²) < 4.78 is 6.38. The summed E-state index contributed by atoms with van der Waals surface area (Å²) >= 11 is 0. The van der Waals surface area contributed by atoms with Gasteiger partial charge in [-0.2, -0.15) is 0 Å². The van der Waals surface area contributed by atoms with E-state index >= 15 is 0 Å². The third-order valence-electron chi connectivity index (χ3n) is 7.24. The fourth-order valence-corrected chi connectivity index (χ4v) is 5.34. The van der Waals surface area contributed by atoms with E-state index in [-0.39, 0.29) is 0 Å². The van der Waals surface area contributed by atoms with E-state index in [9.17, 15) is 0 Å². The lowest BCUT2D eigenvalue weighted by Crippen LogP contribution is -1.98. The van der Waals surface area contributed by atoms with E-state index in [2.05, 4.69) is 73.7 Å². The maximum absolute atomic E-state index is 6.38. The Kier molecular flexibility index (Phi) is 9.67. The Morgan fingerprint density at radius 1 is 0.441 bits per heavy atom. The van der Waals surface area contributed by atoms with Crippen LogP contribution < -0.4 is 4.74 Å². The van der Waals surface area contributed by atoms with E-state index in [1.807, 2.05) is 0 Å². The SMILES string of the molecule is CCCCCCCCCCCCCCCOc1cccc2c3ccccc3c3ccccc3c12. The molecule has 0 heterocycles. The van der Waals surface area contributed by atoms with Crippen molar-refractivity contribution in [2.75, 3.05) is 6.61 Å². The molecule has 0 aromatic heterocycles. The second-order valence-electron chi connectivity index (χ2n) is 9.86. The van der Waals surface area contributed by atoms with Gasteiger partial charge >= 0.3 is 0 Å². The number of hydrogen-bond acceptors (Lipinski definition) is 1. The van der Waals surface area contributed by atoms with Crippen LogP contribution in [0.5, 0.6) is 5.75 Å². The molecule has 4 rings (SSSR count). The summed E-state index contributed by atoms with van der Waals surface area (Å²) in [6.07, 6.45) is 17.9. The molecule has 1 heteroatoms. The number of fused-ring (bicyclic) bond motifs is 6. The van der Waals surface area contributed by atoms with Crippen molar-refractivity contribution in [2.45, 2.75) is 90.4 Å². The van der Waals surface area contributed by atoms with Crippen LogP contribution in [0.25, 0.3) is 32.3 Å². The summed E-state index contributed by atoms with van der Waals surface area (Å²) in [5, 5.41) is 7.77. The largest absolute Gasteiger partial charge is 0.493 e. The quantitative estimate of drug-likeness (QED) is 0.128. The van der Waals surface area contributed by atoms with Crippen LogP contribution in [0, 0.1) is 0 Å². The van der Waals surface area contributed by atoms with Gasteiger partial charge in [-0.05, 0) is 39.4 Å². The molecular weight excluding hydrogens is 412 g/mol. The van der Waals surface area contributed by atoms with Gasteiger partial charge in [-0.3, -0.25) is 0 Å². The van der Waals surface area contributed by atoms with Crippen LogP contribution in [0.15, 0.2) is 66.7 Å². The van der Waals surface area contributed by atoms with Crippen molar-refractivity contribution < 1.29 is 4.74 Å². The molecule has 0 fully saturated rings. The predicted molar refractivity (Wildman–Crippen MR) is 150 cm³/mol. The number of benzene rings is 4. The van der Waals surface area contributed by atoms with E-state index < -0.39 is 0 Å². The first kappa shape index (κ1) is 24.6. The number of ether oxygens (including phenoxy) is 1. The Morgan fingerprint density at radius 2 is 0.853 bits per heavy atom. The summed E-state index contributed by atoms with van der Waals surface area (Å²) in [5.41, 5.74) is 0. The maximum Gasteiger partial charge on any atom is 0.127 e. The van der Waals surface area contributed by atoms with Gasteiger partial charge in [0.15, 0.2) is 0 Å². The van der Waals surface area contributed by atoms with Crippen molar-refractivity contribution in [1.82, 2.24) is 0 Å². The van der Waals surface area contributed by atoms with Crippen LogP contribution in [-0.4, -0.2) is 6.61 Å². The predicted octanol–water partition coefficient (Wildman–Crippen LogP) is 10.6. The van der Waals surface area contributed by atoms with Crippen molar-refractivity contribution in [1.29, 1.82) is 0 Å². The zero-order valence-corrected chi connectivity index (χ0v) is 21.2. The Labute approximate surface area is 206 Å². The van der Waals surface area contributed by atoms with Gasteiger partial charge in [0.25, 0.3) is 0 Å². The molecule has 0 aliphatic carbocycles. The molecule has 0 saturated heterocycles. The van der Waals surface area contributed by atoms with Gasteiger partial charge in [0, 0.05) is 5.39 Å². The molecule has 0 unspecified atom stereocenters. The van der Waals surface area contributed by atoms with Gasteiger partial charge in [-0.1, -0.05) is 145 Å². The fraction of sp³-hybridized carbons (Fsp3) is 0.455. The normalized spacial score (nSPS) is 11.6. The lowest BCUT2D eigenvalue weighted by atomic mass is 9.94. The lowest BCUT2D eigenvalue weighted by Gasteiger charge is -2.14. The molecule has 0 aliphatic rings. The monoisotopic (exact) mass is 454 g/mol. The number of unbranched alkanes of at least 4 members (excludes halogenated alkanes) is 12. The van der Waals surface area contributed by atoms with Gasteiger partial charge in [0.05, 0.1) is 6.61 Å². The number of rotatable bonds is 15. The smallest absolute Gasteiger partial charge is 0.127 e. The van der Waals surface area contributed by atoms with Crippen LogP contribution in [0.1, 0.15) is 90.4 Å². The molecule has 180 valence electrons.